The Balaban J connectivity index is 1.99. The van der Waals surface area contributed by atoms with Gasteiger partial charge in [-0.25, -0.2) is 0 Å². The Labute approximate surface area is 114 Å². The van der Waals surface area contributed by atoms with Crippen molar-refractivity contribution < 1.29 is 4.42 Å². The summed E-state index contributed by atoms with van der Waals surface area (Å²) in [6.45, 7) is 1.98. The summed E-state index contributed by atoms with van der Waals surface area (Å²) in [4.78, 5) is 6.40. The van der Waals surface area contributed by atoms with Crippen LogP contribution in [0.1, 0.15) is 17.0 Å². The van der Waals surface area contributed by atoms with E-state index in [0.29, 0.717) is 6.01 Å². The van der Waals surface area contributed by atoms with Crippen LogP contribution in [0.5, 0.6) is 0 Å². The van der Waals surface area contributed by atoms with Crippen molar-refractivity contribution in [3.8, 4) is 0 Å². The highest BCUT2D eigenvalue weighted by molar-refractivity contribution is 5.46. The van der Waals surface area contributed by atoms with Crippen molar-refractivity contribution in [2.24, 2.45) is 0 Å². The summed E-state index contributed by atoms with van der Waals surface area (Å²) in [6.07, 6.45) is 1.84. The lowest BCUT2D eigenvalue weighted by Crippen LogP contribution is -2.08. The van der Waals surface area contributed by atoms with Crippen molar-refractivity contribution in [3.63, 3.8) is 0 Å². The van der Waals surface area contributed by atoms with Crippen molar-refractivity contribution in [2.45, 2.75) is 19.8 Å². The number of aromatic nitrogens is 1. The Hall–Kier alpha value is -1.97. The molecule has 2 aromatic rings. The highest BCUT2D eigenvalue weighted by Crippen LogP contribution is 2.18. The molecule has 19 heavy (non-hydrogen) atoms. The maximum Gasteiger partial charge on any atom is 0.294 e. The molecular formula is C15H21N3O. The fraction of sp³-hybridized carbons (Fsp3) is 0.400. The summed E-state index contributed by atoms with van der Waals surface area (Å²) in [6, 6.07) is 9.21. The van der Waals surface area contributed by atoms with E-state index in [2.05, 4.69) is 39.5 Å². The Kier molecular flexibility index (Phi) is 4.10. The zero-order valence-corrected chi connectivity index (χ0v) is 12.0. The summed E-state index contributed by atoms with van der Waals surface area (Å²) in [5.74, 6) is 0.959. The molecule has 0 aliphatic rings. The number of aryl methyl sites for hydroxylation is 3. The molecule has 0 unspecified atom stereocenters. The van der Waals surface area contributed by atoms with Gasteiger partial charge in [0.05, 0.1) is 5.69 Å². The highest BCUT2D eigenvalue weighted by atomic mass is 16.4. The average Bonchev–Trinajstić information content (AvgIpc) is 2.77. The smallest absolute Gasteiger partial charge is 0.294 e. The predicted molar refractivity (Wildman–Crippen MR) is 79.0 cm³/mol. The van der Waals surface area contributed by atoms with Gasteiger partial charge in [-0.3, -0.25) is 0 Å². The normalized spacial score (nSPS) is 10.5. The maximum absolute atomic E-state index is 5.62. The van der Waals surface area contributed by atoms with Gasteiger partial charge >= 0.3 is 0 Å². The third-order valence-electron chi connectivity index (χ3n) is 3.20. The lowest BCUT2D eigenvalue weighted by Gasteiger charge is -2.12. The molecule has 0 saturated carbocycles. The number of rotatable bonds is 5. The molecule has 0 radical (unpaired) electrons. The van der Waals surface area contributed by atoms with Crippen LogP contribution >= 0.6 is 0 Å². The second kappa shape index (κ2) is 5.78. The fourth-order valence-corrected chi connectivity index (χ4v) is 1.99. The molecule has 0 saturated heterocycles. The van der Waals surface area contributed by atoms with Crippen LogP contribution < -0.4 is 10.2 Å². The van der Waals surface area contributed by atoms with E-state index in [1.807, 2.05) is 28.1 Å². The quantitative estimate of drug-likeness (QED) is 0.896. The van der Waals surface area contributed by atoms with Gasteiger partial charge in [-0.2, -0.15) is 4.98 Å². The molecule has 0 amide bonds. The molecule has 4 heteroatoms. The van der Waals surface area contributed by atoms with Crippen LogP contribution in [0, 0.1) is 6.92 Å². The molecule has 2 rings (SSSR count). The summed E-state index contributed by atoms with van der Waals surface area (Å²) >= 11 is 0. The van der Waals surface area contributed by atoms with E-state index < -0.39 is 0 Å². The van der Waals surface area contributed by atoms with E-state index in [1.54, 1.807) is 0 Å². The van der Waals surface area contributed by atoms with Crippen LogP contribution in [0.25, 0.3) is 0 Å². The minimum absolute atomic E-state index is 0.593. The number of anilines is 2. The predicted octanol–water partition coefficient (Wildman–Crippen LogP) is 2.88. The van der Waals surface area contributed by atoms with Gasteiger partial charge in [0.25, 0.3) is 6.01 Å². The van der Waals surface area contributed by atoms with E-state index in [4.69, 9.17) is 4.42 Å². The van der Waals surface area contributed by atoms with Gasteiger partial charge in [0.2, 0.25) is 0 Å². The first kappa shape index (κ1) is 13.5. The second-order valence-corrected chi connectivity index (χ2v) is 4.84. The average molecular weight is 259 g/mol. The molecule has 0 fully saturated rings. The molecule has 0 atom stereocenters. The van der Waals surface area contributed by atoms with E-state index in [1.165, 1.54) is 11.3 Å². The van der Waals surface area contributed by atoms with Crippen molar-refractivity contribution >= 4 is 11.7 Å². The van der Waals surface area contributed by atoms with Crippen molar-refractivity contribution in [1.29, 1.82) is 0 Å². The Morgan fingerprint density at radius 3 is 2.37 bits per heavy atom. The number of hydrogen-bond donors (Lipinski definition) is 1. The number of nitrogens with zero attached hydrogens (tertiary/aromatic N) is 2. The van der Waals surface area contributed by atoms with Crippen molar-refractivity contribution in [3.05, 3.63) is 41.3 Å². The molecule has 0 aliphatic carbocycles. The number of nitrogens with one attached hydrogen (secondary N) is 1. The Morgan fingerprint density at radius 1 is 1.16 bits per heavy atom. The molecule has 1 aromatic heterocycles. The summed E-state index contributed by atoms with van der Waals surface area (Å²) < 4.78 is 5.62. The molecule has 1 heterocycles. The SMILES string of the molecule is CNc1nc(C)c(CCc2ccc(N(C)C)cc2)o1. The minimum Gasteiger partial charge on any atom is -0.428 e. The molecule has 0 bridgehead atoms. The lowest BCUT2D eigenvalue weighted by atomic mass is 10.1. The van der Waals surface area contributed by atoms with Gasteiger partial charge in [-0.15, -0.1) is 0 Å². The number of benzene rings is 1. The standard InChI is InChI=1S/C15H21N3O/c1-11-14(19-15(16-2)17-11)10-7-12-5-8-13(9-6-12)18(3)4/h5-6,8-9H,7,10H2,1-4H3,(H,16,17). The molecule has 0 spiro atoms. The zero-order chi connectivity index (χ0) is 13.8. The molecule has 1 aromatic carbocycles. The molecule has 1 N–H and O–H groups in total. The second-order valence-electron chi connectivity index (χ2n) is 4.84. The van der Waals surface area contributed by atoms with Gasteiger partial charge < -0.3 is 14.6 Å². The summed E-state index contributed by atoms with van der Waals surface area (Å²) in [5, 5.41) is 2.92. The van der Waals surface area contributed by atoms with Crippen LogP contribution in [0.2, 0.25) is 0 Å². The van der Waals surface area contributed by atoms with Gasteiger partial charge in [-0.05, 0) is 31.0 Å². The first-order chi connectivity index (χ1) is 9.10. The van der Waals surface area contributed by atoms with Crippen molar-refractivity contribution in [1.82, 2.24) is 4.98 Å². The van der Waals surface area contributed by atoms with E-state index in [0.717, 1.165) is 24.3 Å². The van der Waals surface area contributed by atoms with E-state index in [9.17, 15) is 0 Å². The lowest BCUT2D eigenvalue weighted by molar-refractivity contribution is 0.516. The zero-order valence-electron chi connectivity index (χ0n) is 12.0. The van der Waals surface area contributed by atoms with Crippen molar-refractivity contribution in [2.75, 3.05) is 31.4 Å². The maximum atomic E-state index is 5.62. The van der Waals surface area contributed by atoms with Crippen LogP contribution in [0.15, 0.2) is 28.7 Å². The van der Waals surface area contributed by atoms with Gasteiger partial charge in [0.15, 0.2) is 0 Å². The first-order valence-electron chi connectivity index (χ1n) is 6.50. The van der Waals surface area contributed by atoms with Crippen LogP contribution in [0.3, 0.4) is 0 Å². The van der Waals surface area contributed by atoms with Gasteiger partial charge in [0, 0.05) is 33.3 Å². The monoisotopic (exact) mass is 259 g/mol. The third-order valence-corrected chi connectivity index (χ3v) is 3.20. The van der Waals surface area contributed by atoms with Crippen LogP contribution in [-0.2, 0) is 12.8 Å². The molecule has 4 nitrogen and oxygen atoms in total. The Morgan fingerprint density at radius 2 is 1.84 bits per heavy atom. The topological polar surface area (TPSA) is 41.3 Å². The fourth-order valence-electron chi connectivity index (χ4n) is 1.99. The number of hydrogen-bond acceptors (Lipinski definition) is 4. The largest absolute Gasteiger partial charge is 0.428 e. The van der Waals surface area contributed by atoms with Crippen LogP contribution in [0.4, 0.5) is 11.7 Å². The highest BCUT2D eigenvalue weighted by Gasteiger charge is 2.08. The summed E-state index contributed by atoms with van der Waals surface area (Å²) in [7, 11) is 5.91. The Bertz CT molecular complexity index is 529. The summed E-state index contributed by atoms with van der Waals surface area (Å²) in [5.41, 5.74) is 3.50. The van der Waals surface area contributed by atoms with Crippen LogP contribution in [-0.4, -0.2) is 26.1 Å². The molecular weight excluding hydrogens is 238 g/mol. The van der Waals surface area contributed by atoms with E-state index in [-0.39, 0.29) is 0 Å². The van der Waals surface area contributed by atoms with E-state index >= 15 is 0 Å². The number of oxazole rings is 1. The molecule has 102 valence electrons. The first-order valence-corrected chi connectivity index (χ1v) is 6.50. The van der Waals surface area contributed by atoms with Gasteiger partial charge in [-0.1, -0.05) is 12.1 Å². The minimum atomic E-state index is 0.593. The molecule has 0 aliphatic heterocycles. The van der Waals surface area contributed by atoms with Gasteiger partial charge in [0.1, 0.15) is 5.76 Å². The third kappa shape index (κ3) is 3.28.